The molecule has 1 fully saturated rings. The molecule has 1 aliphatic rings. The van der Waals surface area contributed by atoms with Crippen molar-refractivity contribution in [2.75, 3.05) is 26.7 Å². The van der Waals surface area contributed by atoms with Crippen molar-refractivity contribution in [2.45, 2.75) is 19.9 Å². The molecular weight excluding hydrogens is 210 g/mol. The van der Waals surface area contributed by atoms with Crippen LogP contribution >= 0.6 is 12.2 Å². The van der Waals surface area contributed by atoms with E-state index >= 15 is 0 Å². The SMILES string of the molecule is CC(C(=O)N1CCN(C)CC1C)C(N)=S. The number of hydrogen-bond donors (Lipinski definition) is 1. The summed E-state index contributed by atoms with van der Waals surface area (Å²) in [6.07, 6.45) is 0. The summed E-state index contributed by atoms with van der Waals surface area (Å²) >= 11 is 4.85. The van der Waals surface area contributed by atoms with Crippen LogP contribution in [0.3, 0.4) is 0 Å². The first-order valence-electron chi connectivity index (χ1n) is 5.21. The van der Waals surface area contributed by atoms with Crippen LogP contribution in [0.4, 0.5) is 0 Å². The first kappa shape index (κ1) is 12.4. The van der Waals surface area contributed by atoms with Crippen molar-refractivity contribution >= 4 is 23.1 Å². The van der Waals surface area contributed by atoms with E-state index in [2.05, 4.69) is 18.9 Å². The lowest BCUT2D eigenvalue weighted by molar-refractivity contribution is -0.137. The molecule has 1 heterocycles. The fraction of sp³-hybridized carbons (Fsp3) is 0.800. The van der Waals surface area contributed by atoms with Gasteiger partial charge in [0, 0.05) is 25.7 Å². The van der Waals surface area contributed by atoms with Crippen LogP contribution in [0.25, 0.3) is 0 Å². The van der Waals surface area contributed by atoms with Gasteiger partial charge in [-0.1, -0.05) is 12.2 Å². The van der Waals surface area contributed by atoms with Gasteiger partial charge in [0.1, 0.15) is 0 Å². The third-order valence-corrected chi connectivity index (χ3v) is 3.26. The number of nitrogens with two attached hydrogens (primary N) is 1. The predicted octanol–water partition coefficient (Wildman–Crippen LogP) is 0.0711. The standard InChI is InChI=1S/C10H19N3OS/c1-7-6-12(3)4-5-13(7)10(14)8(2)9(11)15/h7-8H,4-6H2,1-3H3,(H2,11,15). The van der Waals surface area contributed by atoms with Crippen molar-refractivity contribution in [2.24, 2.45) is 11.7 Å². The minimum atomic E-state index is -0.342. The lowest BCUT2D eigenvalue weighted by Gasteiger charge is -2.39. The Morgan fingerprint density at radius 1 is 1.53 bits per heavy atom. The van der Waals surface area contributed by atoms with E-state index in [-0.39, 0.29) is 22.9 Å². The molecule has 0 saturated carbocycles. The Balaban J connectivity index is 2.64. The number of carbonyl (C=O) groups is 1. The molecule has 1 saturated heterocycles. The van der Waals surface area contributed by atoms with E-state index in [1.54, 1.807) is 6.92 Å². The van der Waals surface area contributed by atoms with Crippen LogP contribution in [0, 0.1) is 5.92 Å². The van der Waals surface area contributed by atoms with Crippen molar-refractivity contribution in [3.8, 4) is 0 Å². The van der Waals surface area contributed by atoms with Crippen LogP contribution in [-0.4, -0.2) is 53.4 Å². The smallest absolute Gasteiger partial charge is 0.232 e. The normalized spacial score (nSPS) is 25.0. The first-order valence-corrected chi connectivity index (χ1v) is 5.62. The number of rotatable bonds is 2. The van der Waals surface area contributed by atoms with Crippen molar-refractivity contribution in [1.82, 2.24) is 9.80 Å². The Morgan fingerprint density at radius 2 is 2.13 bits per heavy atom. The van der Waals surface area contributed by atoms with Gasteiger partial charge >= 0.3 is 0 Å². The van der Waals surface area contributed by atoms with Gasteiger partial charge < -0.3 is 15.5 Å². The molecule has 15 heavy (non-hydrogen) atoms. The zero-order valence-electron chi connectivity index (χ0n) is 9.56. The molecule has 4 nitrogen and oxygen atoms in total. The number of amides is 1. The van der Waals surface area contributed by atoms with Gasteiger partial charge in [-0.3, -0.25) is 4.79 Å². The zero-order valence-corrected chi connectivity index (χ0v) is 10.4. The van der Waals surface area contributed by atoms with E-state index in [1.165, 1.54) is 0 Å². The van der Waals surface area contributed by atoms with Crippen LogP contribution < -0.4 is 5.73 Å². The Kier molecular flexibility index (Phi) is 4.04. The molecule has 86 valence electrons. The van der Waals surface area contributed by atoms with Gasteiger partial charge in [0.15, 0.2) is 0 Å². The quantitative estimate of drug-likeness (QED) is 0.681. The van der Waals surface area contributed by atoms with E-state index in [4.69, 9.17) is 18.0 Å². The average Bonchev–Trinajstić information content (AvgIpc) is 2.15. The molecule has 0 aromatic rings. The van der Waals surface area contributed by atoms with Gasteiger partial charge in [-0.15, -0.1) is 0 Å². The summed E-state index contributed by atoms with van der Waals surface area (Å²) in [5, 5.41) is 0. The molecule has 0 aromatic carbocycles. The molecule has 0 aromatic heterocycles. The number of nitrogens with zero attached hydrogens (tertiary/aromatic N) is 2. The molecular formula is C10H19N3OS. The second-order valence-corrected chi connectivity index (χ2v) is 4.74. The number of hydrogen-bond acceptors (Lipinski definition) is 3. The van der Waals surface area contributed by atoms with E-state index in [1.807, 2.05) is 4.90 Å². The average molecular weight is 229 g/mol. The topological polar surface area (TPSA) is 49.6 Å². The number of likely N-dealkylation sites (N-methyl/N-ethyl adjacent to an activating group) is 1. The molecule has 0 bridgehead atoms. The lowest BCUT2D eigenvalue weighted by Crippen LogP contribution is -2.55. The van der Waals surface area contributed by atoms with Crippen LogP contribution in [0.15, 0.2) is 0 Å². The molecule has 2 atom stereocenters. The summed E-state index contributed by atoms with van der Waals surface area (Å²) in [6.45, 7) is 6.43. The van der Waals surface area contributed by atoms with Crippen LogP contribution in [0.1, 0.15) is 13.8 Å². The Hall–Kier alpha value is -0.680. The fourth-order valence-electron chi connectivity index (χ4n) is 1.84. The van der Waals surface area contributed by atoms with Gasteiger partial charge in [-0.05, 0) is 20.9 Å². The second-order valence-electron chi connectivity index (χ2n) is 4.27. The molecule has 0 spiro atoms. The first-order chi connectivity index (χ1) is 6.93. The van der Waals surface area contributed by atoms with Gasteiger partial charge in [0.2, 0.25) is 5.91 Å². The molecule has 2 unspecified atom stereocenters. The van der Waals surface area contributed by atoms with Gasteiger partial charge in [0.05, 0.1) is 10.9 Å². The third-order valence-electron chi connectivity index (χ3n) is 2.91. The van der Waals surface area contributed by atoms with E-state index < -0.39 is 0 Å². The lowest BCUT2D eigenvalue weighted by atomic mass is 10.1. The highest BCUT2D eigenvalue weighted by molar-refractivity contribution is 7.80. The number of thiocarbonyl (C=S) groups is 1. The van der Waals surface area contributed by atoms with Crippen molar-refractivity contribution in [1.29, 1.82) is 0 Å². The summed E-state index contributed by atoms with van der Waals surface area (Å²) in [6, 6.07) is 0.244. The molecule has 1 amide bonds. The van der Waals surface area contributed by atoms with Crippen LogP contribution in [0.2, 0.25) is 0 Å². The van der Waals surface area contributed by atoms with Crippen molar-refractivity contribution in [3.05, 3.63) is 0 Å². The summed E-state index contributed by atoms with van der Waals surface area (Å²) in [5.74, 6) is -0.283. The third kappa shape index (κ3) is 2.89. The molecule has 1 aliphatic heterocycles. The highest BCUT2D eigenvalue weighted by atomic mass is 32.1. The fourth-order valence-corrected chi connectivity index (χ4v) is 1.94. The van der Waals surface area contributed by atoms with Crippen LogP contribution in [-0.2, 0) is 4.79 Å². The van der Waals surface area contributed by atoms with Crippen LogP contribution in [0.5, 0.6) is 0 Å². The minimum Gasteiger partial charge on any atom is -0.393 e. The Morgan fingerprint density at radius 3 is 2.60 bits per heavy atom. The summed E-state index contributed by atoms with van der Waals surface area (Å²) in [7, 11) is 2.06. The van der Waals surface area contributed by atoms with E-state index in [0.29, 0.717) is 0 Å². The monoisotopic (exact) mass is 229 g/mol. The number of carbonyl (C=O) groups excluding carboxylic acids is 1. The molecule has 5 heteroatoms. The van der Waals surface area contributed by atoms with Gasteiger partial charge in [-0.2, -0.15) is 0 Å². The number of piperazine rings is 1. The maximum Gasteiger partial charge on any atom is 0.232 e. The summed E-state index contributed by atoms with van der Waals surface area (Å²) in [5.41, 5.74) is 5.49. The molecule has 0 aliphatic carbocycles. The van der Waals surface area contributed by atoms with E-state index in [9.17, 15) is 4.79 Å². The minimum absolute atomic E-state index is 0.0584. The zero-order chi connectivity index (χ0) is 11.6. The van der Waals surface area contributed by atoms with E-state index in [0.717, 1.165) is 19.6 Å². The molecule has 1 rings (SSSR count). The summed E-state index contributed by atoms with van der Waals surface area (Å²) in [4.78, 5) is 16.4. The largest absolute Gasteiger partial charge is 0.393 e. The highest BCUT2D eigenvalue weighted by Gasteiger charge is 2.29. The Labute approximate surface area is 96.4 Å². The highest BCUT2D eigenvalue weighted by Crippen LogP contribution is 2.12. The predicted molar refractivity (Wildman–Crippen MR) is 64.6 cm³/mol. The maximum atomic E-state index is 12.0. The molecule has 2 N–H and O–H groups in total. The summed E-state index contributed by atoms with van der Waals surface area (Å²) < 4.78 is 0. The second kappa shape index (κ2) is 4.90. The van der Waals surface area contributed by atoms with Crippen molar-refractivity contribution in [3.63, 3.8) is 0 Å². The maximum absolute atomic E-state index is 12.0. The molecule has 0 radical (unpaired) electrons. The van der Waals surface area contributed by atoms with Gasteiger partial charge in [0.25, 0.3) is 0 Å². The van der Waals surface area contributed by atoms with Crippen molar-refractivity contribution < 1.29 is 4.79 Å². The Bertz CT molecular complexity index is 269. The van der Waals surface area contributed by atoms with Gasteiger partial charge in [-0.25, -0.2) is 0 Å².